The molecule has 0 spiro atoms. The predicted octanol–water partition coefficient (Wildman–Crippen LogP) is 7.19. The molecule has 0 unspecified atom stereocenters. The predicted molar refractivity (Wildman–Crippen MR) is 132 cm³/mol. The van der Waals surface area contributed by atoms with E-state index in [2.05, 4.69) is 5.73 Å². The van der Waals surface area contributed by atoms with Crippen LogP contribution < -0.4 is 0 Å². The van der Waals surface area contributed by atoms with Gasteiger partial charge in [0.05, 0.1) is 4.90 Å². The van der Waals surface area contributed by atoms with Crippen molar-refractivity contribution in [3.05, 3.63) is 142 Å². The highest BCUT2D eigenvalue weighted by Crippen LogP contribution is 2.31. The number of hydrogen-bond donors (Lipinski definition) is 0. The Balaban J connectivity index is 2.09. The van der Waals surface area contributed by atoms with Crippen LogP contribution in [0.1, 0.15) is 22.3 Å². The minimum absolute atomic E-state index is 0.0970. The van der Waals surface area contributed by atoms with Crippen LogP contribution in [0.4, 0.5) is 0 Å². The Hall–Kier alpha value is -3.36. The molecule has 158 valence electrons. The van der Waals surface area contributed by atoms with Gasteiger partial charge < -0.3 is 0 Å². The van der Waals surface area contributed by atoms with Gasteiger partial charge in [0.2, 0.25) is 9.84 Å². The van der Waals surface area contributed by atoms with Crippen LogP contribution in [0.2, 0.25) is 5.02 Å². The van der Waals surface area contributed by atoms with Crippen molar-refractivity contribution in [3.8, 4) is 0 Å². The van der Waals surface area contributed by atoms with Crippen LogP contribution in [0.5, 0.6) is 0 Å². The van der Waals surface area contributed by atoms with Crippen molar-refractivity contribution in [1.82, 2.24) is 0 Å². The molecule has 4 rings (SSSR count). The van der Waals surface area contributed by atoms with Crippen molar-refractivity contribution in [1.29, 1.82) is 0 Å². The van der Waals surface area contributed by atoms with E-state index < -0.39 is 9.84 Å². The maximum Gasteiger partial charge on any atom is 0.214 e. The zero-order valence-corrected chi connectivity index (χ0v) is 19.1. The third kappa shape index (κ3) is 4.76. The first-order chi connectivity index (χ1) is 15.4. The van der Waals surface area contributed by atoms with Crippen LogP contribution in [0.25, 0.3) is 10.5 Å². The average molecular weight is 457 g/mol. The summed E-state index contributed by atoms with van der Waals surface area (Å²) in [5.41, 5.74) is 7.40. The Kier molecular flexibility index (Phi) is 6.43. The van der Waals surface area contributed by atoms with Crippen molar-refractivity contribution < 1.29 is 8.42 Å². The van der Waals surface area contributed by atoms with Gasteiger partial charge in [-0.25, -0.2) is 8.42 Å². The van der Waals surface area contributed by atoms with Crippen LogP contribution >= 0.6 is 11.6 Å². The number of aryl methyl sites for hydroxylation is 1. The molecule has 0 fully saturated rings. The summed E-state index contributed by atoms with van der Waals surface area (Å²) in [5, 5.41) is 0.538. The lowest BCUT2D eigenvalue weighted by molar-refractivity contribution is 0.606. The number of hydrogen-bond acceptors (Lipinski definition) is 2. The molecule has 0 saturated heterocycles. The molecule has 0 aliphatic rings. The van der Waals surface area contributed by atoms with Gasteiger partial charge in [-0.1, -0.05) is 108 Å². The second-order valence-electron chi connectivity index (χ2n) is 7.38. The van der Waals surface area contributed by atoms with E-state index in [9.17, 15) is 8.42 Å². The molecule has 0 amide bonds. The summed E-state index contributed by atoms with van der Waals surface area (Å²) < 4.78 is 27.4. The Morgan fingerprint density at radius 3 is 1.75 bits per heavy atom. The van der Waals surface area contributed by atoms with Gasteiger partial charge in [-0.2, -0.15) is 0 Å². The van der Waals surface area contributed by atoms with E-state index >= 15 is 0 Å². The maximum atomic E-state index is 13.7. The molecule has 0 N–H and O–H groups in total. The minimum atomic E-state index is -3.84. The van der Waals surface area contributed by atoms with Crippen molar-refractivity contribution >= 4 is 31.9 Å². The summed E-state index contributed by atoms with van der Waals surface area (Å²) >= 11 is 6.08. The van der Waals surface area contributed by atoms with E-state index in [1.807, 2.05) is 61.5 Å². The van der Waals surface area contributed by atoms with Gasteiger partial charge >= 0.3 is 0 Å². The molecule has 2 nitrogen and oxygen atoms in total. The molecule has 0 heterocycles. The molecule has 0 atom stereocenters. The van der Waals surface area contributed by atoms with Gasteiger partial charge in [-0.05, 0) is 42.3 Å². The molecule has 0 aromatic heterocycles. The molecule has 4 heteroatoms. The lowest BCUT2D eigenvalue weighted by Crippen LogP contribution is -2.04. The van der Waals surface area contributed by atoms with E-state index in [0.717, 1.165) is 16.7 Å². The van der Waals surface area contributed by atoms with E-state index in [1.165, 1.54) is 0 Å². The Morgan fingerprint density at radius 1 is 0.656 bits per heavy atom. The quantitative estimate of drug-likeness (QED) is 0.298. The van der Waals surface area contributed by atoms with Crippen LogP contribution in [0.3, 0.4) is 0 Å². The fourth-order valence-electron chi connectivity index (χ4n) is 3.36. The SMILES string of the molecule is Cc1ccc(C(=C=C(c2ccc(Cl)cc2)S(=O)(=O)c2ccccc2)c2ccccc2)cc1. The molecule has 4 aromatic carbocycles. The second-order valence-corrected chi connectivity index (χ2v) is 9.71. The summed E-state index contributed by atoms with van der Waals surface area (Å²) in [7, 11) is -3.84. The minimum Gasteiger partial charge on any atom is -0.218 e. The summed E-state index contributed by atoms with van der Waals surface area (Å²) in [4.78, 5) is 0.313. The molecule has 0 aliphatic carbocycles. The highest BCUT2D eigenvalue weighted by molar-refractivity contribution is 8.00. The first kappa shape index (κ1) is 21.9. The van der Waals surface area contributed by atoms with E-state index in [1.54, 1.807) is 54.6 Å². The van der Waals surface area contributed by atoms with Crippen molar-refractivity contribution in [3.63, 3.8) is 0 Å². The van der Waals surface area contributed by atoms with E-state index in [-0.39, 0.29) is 9.80 Å². The Labute approximate surface area is 194 Å². The van der Waals surface area contributed by atoms with Gasteiger partial charge in [-0.3, -0.25) is 0 Å². The molecule has 0 radical (unpaired) electrons. The third-order valence-corrected chi connectivity index (χ3v) is 7.09. The monoisotopic (exact) mass is 456 g/mol. The van der Waals surface area contributed by atoms with Crippen LogP contribution in [0.15, 0.2) is 120 Å². The van der Waals surface area contributed by atoms with Crippen LogP contribution in [0, 0.1) is 6.92 Å². The molecule has 0 aliphatic heterocycles. The molecule has 0 saturated carbocycles. The highest BCUT2D eigenvalue weighted by Gasteiger charge is 2.23. The molecule has 4 aromatic rings. The zero-order chi connectivity index (χ0) is 22.6. The summed E-state index contributed by atoms with van der Waals surface area (Å²) in [6, 6.07) is 32.9. The number of sulfone groups is 1. The first-order valence-corrected chi connectivity index (χ1v) is 12.0. The highest BCUT2D eigenvalue weighted by atomic mass is 35.5. The van der Waals surface area contributed by atoms with Crippen LogP contribution in [-0.2, 0) is 9.84 Å². The topological polar surface area (TPSA) is 34.1 Å². The van der Waals surface area contributed by atoms with Gasteiger partial charge in [0.1, 0.15) is 4.91 Å². The van der Waals surface area contributed by atoms with Crippen LogP contribution in [-0.4, -0.2) is 8.42 Å². The fraction of sp³-hybridized carbons (Fsp3) is 0.0357. The number of benzene rings is 4. The Morgan fingerprint density at radius 2 is 1.16 bits per heavy atom. The third-order valence-electron chi connectivity index (χ3n) is 5.07. The fourth-order valence-corrected chi connectivity index (χ4v) is 4.92. The summed E-state index contributed by atoms with van der Waals surface area (Å²) in [6.45, 7) is 2.02. The van der Waals surface area contributed by atoms with Gasteiger partial charge in [0.15, 0.2) is 0 Å². The largest absolute Gasteiger partial charge is 0.218 e. The molecular weight excluding hydrogens is 436 g/mol. The zero-order valence-electron chi connectivity index (χ0n) is 17.5. The Bertz CT molecular complexity index is 1380. The van der Waals surface area contributed by atoms with Gasteiger partial charge in [0.25, 0.3) is 0 Å². The first-order valence-electron chi connectivity index (χ1n) is 10.1. The van der Waals surface area contributed by atoms with Crippen molar-refractivity contribution in [2.75, 3.05) is 0 Å². The van der Waals surface area contributed by atoms with Crippen molar-refractivity contribution in [2.24, 2.45) is 0 Å². The van der Waals surface area contributed by atoms with Gasteiger partial charge in [0, 0.05) is 16.2 Å². The maximum absolute atomic E-state index is 13.7. The van der Waals surface area contributed by atoms with Crippen molar-refractivity contribution in [2.45, 2.75) is 11.8 Å². The number of rotatable bonds is 5. The second kappa shape index (κ2) is 9.42. The summed E-state index contributed by atoms with van der Waals surface area (Å²) in [5.74, 6) is 0. The lowest BCUT2D eigenvalue weighted by atomic mass is 9.97. The normalized spacial score (nSPS) is 10.9. The van der Waals surface area contributed by atoms with E-state index in [0.29, 0.717) is 16.2 Å². The molecule has 0 bridgehead atoms. The lowest BCUT2D eigenvalue weighted by Gasteiger charge is -2.11. The molecular formula is C28H21ClO2S. The van der Waals surface area contributed by atoms with Gasteiger partial charge in [-0.15, -0.1) is 0 Å². The average Bonchev–Trinajstić information content (AvgIpc) is 2.82. The smallest absolute Gasteiger partial charge is 0.214 e. The summed E-state index contributed by atoms with van der Waals surface area (Å²) in [6.07, 6.45) is 0. The molecule has 32 heavy (non-hydrogen) atoms. The van der Waals surface area contributed by atoms with E-state index in [4.69, 9.17) is 11.6 Å². The number of halogens is 1. The standard InChI is InChI=1S/C28H21ClO2S/c1-21-12-14-23(15-13-21)27(22-8-4-2-5-9-22)20-28(24-16-18-25(29)19-17-24)32(30,31)26-10-6-3-7-11-26/h2-19H,1H3.